The van der Waals surface area contributed by atoms with E-state index in [1.807, 2.05) is 18.2 Å². The van der Waals surface area contributed by atoms with Gasteiger partial charge in [0, 0.05) is 11.4 Å². The van der Waals surface area contributed by atoms with Crippen LogP contribution in [0.15, 0.2) is 42.0 Å². The number of carbonyl (C=O) groups is 1. The fourth-order valence-corrected chi connectivity index (χ4v) is 2.54. The fraction of sp³-hybridized carbons (Fsp3) is 0.231. The molecule has 0 bridgehead atoms. The molecule has 1 heterocycles. The van der Waals surface area contributed by atoms with Crippen molar-refractivity contribution in [2.75, 3.05) is 5.33 Å². The summed E-state index contributed by atoms with van der Waals surface area (Å²) in [6, 6.07) is 10.2. The van der Waals surface area contributed by atoms with Crippen molar-refractivity contribution in [2.24, 2.45) is 0 Å². The molecule has 0 radical (unpaired) electrons. The van der Waals surface area contributed by atoms with E-state index in [0.29, 0.717) is 4.88 Å². The zero-order valence-corrected chi connectivity index (χ0v) is 12.1. The molecule has 0 fully saturated rings. The molecule has 3 nitrogen and oxygen atoms in total. The first-order valence-electron chi connectivity index (χ1n) is 5.59. The highest BCUT2D eigenvalue weighted by Gasteiger charge is 2.14. The minimum Gasteiger partial charge on any atom is -0.347 e. The lowest BCUT2D eigenvalue weighted by molar-refractivity contribution is 0.0945. The summed E-state index contributed by atoms with van der Waals surface area (Å²) >= 11 is 4.79. The van der Waals surface area contributed by atoms with Gasteiger partial charge >= 0.3 is 0 Å². The Balaban J connectivity index is 1.96. The first kappa shape index (κ1) is 13.2. The van der Waals surface area contributed by atoms with Crippen LogP contribution >= 0.6 is 27.3 Å². The van der Waals surface area contributed by atoms with Crippen LogP contribution in [-0.4, -0.2) is 22.3 Å². The number of nitrogens with one attached hydrogen (secondary N) is 1. The molecule has 1 atom stereocenters. The van der Waals surface area contributed by atoms with Gasteiger partial charge in [-0.2, -0.15) is 0 Å². The minimum atomic E-state index is -0.0575. The molecule has 0 aliphatic carbocycles. The molecule has 2 rings (SSSR count). The van der Waals surface area contributed by atoms with Gasteiger partial charge in [0.2, 0.25) is 0 Å². The van der Waals surface area contributed by atoms with Crippen molar-refractivity contribution in [1.82, 2.24) is 10.3 Å². The number of halogens is 1. The van der Waals surface area contributed by atoms with Crippen LogP contribution in [0.4, 0.5) is 0 Å². The standard InChI is InChI=1S/C13H13BrN2OS/c14-7-11(6-10-4-2-1-3-5-10)16-13(17)12-8-15-9-18-12/h1-5,8-9,11H,6-7H2,(H,16,17). The third-order valence-corrected chi connectivity index (χ3v) is 4.06. The number of benzene rings is 1. The normalized spacial score (nSPS) is 12.1. The molecule has 1 aromatic heterocycles. The Morgan fingerprint density at radius 1 is 1.39 bits per heavy atom. The summed E-state index contributed by atoms with van der Waals surface area (Å²) in [5.74, 6) is -0.0575. The number of carbonyl (C=O) groups excluding carboxylic acids is 1. The highest BCUT2D eigenvalue weighted by Crippen LogP contribution is 2.09. The molecule has 2 aromatic rings. The van der Waals surface area contributed by atoms with Gasteiger partial charge in [0.1, 0.15) is 4.88 Å². The molecular formula is C13H13BrN2OS. The van der Waals surface area contributed by atoms with E-state index in [-0.39, 0.29) is 11.9 Å². The molecule has 0 aliphatic rings. The summed E-state index contributed by atoms with van der Waals surface area (Å²) in [4.78, 5) is 16.5. The molecule has 0 saturated carbocycles. The van der Waals surface area contributed by atoms with E-state index in [9.17, 15) is 4.79 Å². The molecule has 0 saturated heterocycles. The first-order chi connectivity index (χ1) is 8.79. The van der Waals surface area contributed by atoms with Crippen molar-refractivity contribution in [3.05, 3.63) is 52.5 Å². The third kappa shape index (κ3) is 3.65. The van der Waals surface area contributed by atoms with E-state index >= 15 is 0 Å². The predicted molar refractivity (Wildman–Crippen MR) is 77.3 cm³/mol. The second-order valence-electron chi connectivity index (χ2n) is 3.88. The predicted octanol–water partition coefficient (Wildman–Crippen LogP) is 2.88. The molecule has 1 unspecified atom stereocenters. The molecule has 94 valence electrons. The summed E-state index contributed by atoms with van der Waals surface area (Å²) in [5, 5.41) is 3.73. The second-order valence-corrected chi connectivity index (χ2v) is 5.41. The summed E-state index contributed by atoms with van der Waals surface area (Å²) in [5.41, 5.74) is 2.88. The number of hydrogen-bond donors (Lipinski definition) is 1. The Bertz CT molecular complexity index is 487. The van der Waals surface area contributed by atoms with Crippen LogP contribution in [0, 0.1) is 0 Å². The van der Waals surface area contributed by atoms with E-state index in [2.05, 4.69) is 38.4 Å². The van der Waals surface area contributed by atoms with Crippen LogP contribution in [0.25, 0.3) is 0 Å². The van der Waals surface area contributed by atoms with Crippen molar-refractivity contribution in [3.63, 3.8) is 0 Å². The lowest BCUT2D eigenvalue weighted by Gasteiger charge is -2.15. The first-order valence-corrected chi connectivity index (χ1v) is 7.59. The number of hydrogen-bond acceptors (Lipinski definition) is 3. The summed E-state index contributed by atoms with van der Waals surface area (Å²) in [7, 11) is 0. The molecule has 0 aliphatic heterocycles. The quantitative estimate of drug-likeness (QED) is 0.859. The average molecular weight is 325 g/mol. The third-order valence-electron chi connectivity index (χ3n) is 2.50. The van der Waals surface area contributed by atoms with Crippen molar-refractivity contribution >= 4 is 33.2 Å². The van der Waals surface area contributed by atoms with E-state index in [1.165, 1.54) is 16.9 Å². The molecule has 1 amide bonds. The van der Waals surface area contributed by atoms with E-state index in [4.69, 9.17) is 0 Å². The molecule has 5 heteroatoms. The topological polar surface area (TPSA) is 42.0 Å². The van der Waals surface area contributed by atoms with E-state index in [0.717, 1.165) is 11.8 Å². The van der Waals surface area contributed by atoms with E-state index in [1.54, 1.807) is 11.7 Å². The van der Waals surface area contributed by atoms with Crippen LogP contribution < -0.4 is 5.32 Å². The van der Waals surface area contributed by atoms with Crippen LogP contribution in [0.3, 0.4) is 0 Å². The van der Waals surface area contributed by atoms with Gasteiger partial charge in [0.15, 0.2) is 0 Å². The highest BCUT2D eigenvalue weighted by molar-refractivity contribution is 9.09. The Morgan fingerprint density at radius 2 is 2.17 bits per heavy atom. The van der Waals surface area contributed by atoms with Gasteiger partial charge in [-0.1, -0.05) is 46.3 Å². The Morgan fingerprint density at radius 3 is 2.78 bits per heavy atom. The molecule has 18 heavy (non-hydrogen) atoms. The number of thiazole rings is 1. The largest absolute Gasteiger partial charge is 0.347 e. The minimum absolute atomic E-state index is 0.0575. The van der Waals surface area contributed by atoms with Gasteiger partial charge in [-0.15, -0.1) is 11.3 Å². The van der Waals surface area contributed by atoms with Crippen LogP contribution in [0.1, 0.15) is 15.2 Å². The van der Waals surface area contributed by atoms with Crippen LogP contribution in [-0.2, 0) is 6.42 Å². The summed E-state index contributed by atoms with van der Waals surface area (Å²) < 4.78 is 0. The lowest BCUT2D eigenvalue weighted by atomic mass is 10.1. The maximum atomic E-state index is 11.9. The van der Waals surface area contributed by atoms with Gasteiger partial charge in [-0.25, -0.2) is 0 Å². The maximum Gasteiger partial charge on any atom is 0.263 e. The van der Waals surface area contributed by atoms with Crippen LogP contribution in [0.5, 0.6) is 0 Å². The molecule has 0 spiro atoms. The number of rotatable bonds is 5. The van der Waals surface area contributed by atoms with Crippen molar-refractivity contribution < 1.29 is 4.79 Å². The van der Waals surface area contributed by atoms with Crippen molar-refractivity contribution in [2.45, 2.75) is 12.5 Å². The van der Waals surface area contributed by atoms with Gasteiger partial charge < -0.3 is 5.32 Å². The zero-order chi connectivity index (χ0) is 12.8. The van der Waals surface area contributed by atoms with Gasteiger partial charge in [0.25, 0.3) is 5.91 Å². The van der Waals surface area contributed by atoms with Crippen molar-refractivity contribution in [1.29, 1.82) is 0 Å². The number of aromatic nitrogens is 1. The van der Waals surface area contributed by atoms with Crippen LogP contribution in [0.2, 0.25) is 0 Å². The molecule has 1 aromatic carbocycles. The zero-order valence-electron chi connectivity index (χ0n) is 9.67. The van der Waals surface area contributed by atoms with Gasteiger partial charge in [-0.05, 0) is 12.0 Å². The summed E-state index contributed by atoms with van der Waals surface area (Å²) in [6.07, 6.45) is 2.41. The lowest BCUT2D eigenvalue weighted by Crippen LogP contribution is -2.37. The molecule has 1 N–H and O–H groups in total. The number of nitrogens with zero attached hydrogens (tertiary/aromatic N) is 1. The smallest absolute Gasteiger partial charge is 0.263 e. The Labute approximate surface area is 118 Å². The second kappa shape index (κ2) is 6.66. The van der Waals surface area contributed by atoms with E-state index < -0.39 is 0 Å². The van der Waals surface area contributed by atoms with Crippen molar-refractivity contribution in [3.8, 4) is 0 Å². The van der Waals surface area contributed by atoms with Gasteiger partial charge in [-0.3, -0.25) is 9.78 Å². The Kier molecular flexibility index (Phi) is 4.90. The number of alkyl halides is 1. The van der Waals surface area contributed by atoms with Gasteiger partial charge in [0.05, 0.1) is 11.7 Å². The Hall–Kier alpha value is -1.20. The fourth-order valence-electron chi connectivity index (χ4n) is 1.63. The number of amides is 1. The average Bonchev–Trinajstić information content (AvgIpc) is 2.93. The SMILES string of the molecule is O=C(NC(CBr)Cc1ccccc1)c1cncs1. The highest BCUT2D eigenvalue weighted by atomic mass is 79.9. The molecular weight excluding hydrogens is 312 g/mol. The maximum absolute atomic E-state index is 11.9. The summed E-state index contributed by atoms with van der Waals surface area (Å²) in [6.45, 7) is 0. The monoisotopic (exact) mass is 324 g/mol.